The standard InChI is InChI=1S/C17H10ClN7O2S/c18-9-5-6-12-11(7-9)13(20-19-12)8-15-21-22-17-24(15)23-16(28-17)10-3-1-2-4-14(10)25(26)27/h1-7H,8H2,(H,19,20). The van der Waals surface area contributed by atoms with E-state index < -0.39 is 4.92 Å². The molecule has 1 N–H and O–H groups in total. The van der Waals surface area contributed by atoms with E-state index in [0.717, 1.165) is 16.6 Å². The zero-order valence-corrected chi connectivity index (χ0v) is 15.6. The van der Waals surface area contributed by atoms with Crippen molar-refractivity contribution in [2.24, 2.45) is 0 Å². The van der Waals surface area contributed by atoms with Gasteiger partial charge in [0.2, 0.25) is 4.96 Å². The van der Waals surface area contributed by atoms with Crippen molar-refractivity contribution in [1.82, 2.24) is 30.0 Å². The Balaban J connectivity index is 1.57. The molecule has 0 saturated carbocycles. The molecule has 0 amide bonds. The molecule has 2 aromatic carbocycles. The van der Waals surface area contributed by atoms with Crippen LogP contribution < -0.4 is 0 Å². The Labute approximate surface area is 165 Å². The Morgan fingerprint density at radius 1 is 1.21 bits per heavy atom. The smallest absolute Gasteiger partial charge is 0.279 e. The summed E-state index contributed by atoms with van der Waals surface area (Å²) in [7, 11) is 0. The van der Waals surface area contributed by atoms with Crippen LogP contribution in [0.5, 0.6) is 0 Å². The van der Waals surface area contributed by atoms with E-state index in [0.29, 0.717) is 32.8 Å². The van der Waals surface area contributed by atoms with E-state index in [9.17, 15) is 10.1 Å². The van der Waals surface area contributed by atoms with Gasteiger partial charge in [0.1, 0.15) is 0 Å². The predicted octanol–water partition coefficient (Wildman–Crippen LogP) is 3.88. The first-order chi connectivity index (χ1) is 13.6. The highest BCUT2D eigenvalue weighted by atomic mass is 35.5. The molecule has 3 heterocycles. The van der Waals surface area contributed by atoms with E-state index in [4.69, 9.17) is 11.6 Å². The summed E-state index contributed by atoms with van der Waals surface area (Å²) in [4.78, 5) is 11.4. The minimum atomic E-state index is -0.418. The first kappa shape index (κ1) is 16.8. The van der Waals surface area contributed by atoms with Gasteiger partial charge < -0.3 is 0 Å². The Hall–Kier alpha value is -3.37. The summed E-state index contributed by atoms with van der Waals surface area (Å²) < 4.78 is 1.61. The summed E-state index contributed by atoms with van der Waals surface area (Å²) in [6.45, 7) is 0. The Kier molecular flexibility index (Phi) is 3.81. The molecule has 0 bridgehead atoms. The number of nitro groups is 1. The molecule has 0 atom stereocenters. The van der Waals surface area contributed by atoms with Crippen LogP contribution >= 0.6 is 22.9 Å². The molecule has 0 aliphatic heterocycles. The van der Waals surface area contributed by atoms with Crippen molar-refractivity contribution in [3.63, 3.8) is 0 Å². The van der Waals surface area contributed by atoms with E-state index in [1.807, 2.05) is 12.1 Å². The highest BCUT2D eigenvalue weighted by Crippen LogP contribution is 2.33. The molecule has 0 saturated heterocycles. The molecule has 0 unspecified atom stereocenters. The predicted molar refractivity (Wildman–Crippen MR) is 105 cm³/mol. The minimum Gasteiger partial charge on any atom is -0.281 e. The van der Waals surface area contributed by atoms with Crippen LogP contribution in [0.4, 0.5) is 5.69 Å². The molecule has 5 rings (SSSR count). The molecular weight excluding hydrogens is 402 g/mol. The second-order valence-electron chi connectivity index (χ2n) is 6.03. The maximum atomic E-state index is 11.3. The van der Waals surface area contributed by atoms with Gasteiger partial charge in [0.25, 0.3) is 5.69 Å². The molecule has 0 radical (unpaired) electrons. The summed E-state index contributed by atoms with van der Waals surface area (Å²) in [5, 5.41) is 33.5. The fraction of sp³-hybridized carbons (Fsp3) is 0.0588. The van der Waals surface area contributed by atoms with Crippen molar-refractivity contribution < 1.29 is 4.92 Å². The van der Waals surface area contributed by atoms with Crippen LogP contribution in [0.1, 0.15) is 11.5 Å². The van der Waals surface area contributed by atoms with Crippen LogP contribution in [0.15, 0.2) is 42.5 Å². The van der Waals surface area contributed by atoms with Crippen molar-refractivity contribution in [1.29, 1.82) is 0 Å². The molecule has 3 aromatic heterocycles. The summed E-state index contributed by atoms with van der Waals surface area (Å²) in [6.07, 6.45) is 0.415. The van der Waals surface area contributed by atoms with Gasteiger partial charge in [-0.1, -0.05) is 35.1 Å². The van der Waals surface area contributed by atoms with Gasteiger partial charge in [0.15, 0.2) is 10.8 Å². The van der Waals surface area contributed by atoms with Crippen molar-refractivity contribution in [3.05, 3.63) is 69.1 Å². The van der Waals surface area contributed by atoms with Crippen molar-refractivity contribution >= 4 is 44.5 Å². The minimum absolute atomic E-state index is 0.00298. The highest BCUT2D eigenvalue weighted by Gasteiger charge is 2.20. The maximum absolute atomic E-state index is 11.3. The Bertz CT molecular complexity index is 1360. The first-order valence-electron chi connectivity index (χ1n) is 8.17. The molecule has 9 nitrogen and oxygen atoms in total. The number of hydrogen-bond acceptors (Lipinski definition) is 7. The maximum Gasteiger partial charge on any atom is 0.279 e. The third kappa shape index (κ3) is 2.70. The van der Waals surface area contributed by atoms with Gasteiger partial charge >= 0.3 is 0 Å². The molecule has 0 aliphatic rings. The van der Waals surface area contributed by atoms with Crippen LogP contribution in [-0.2, 0) is 6.42 Å². The summed E-state index contributed by atoms with van der Waals surface area (Å²) in [5.41, 5.74) is 2.10. The second-order valence-corrected chi connectivity index (χ2v) is 7.42. The number of benzene rings is 2. The lowest BCUT2D eigenvalue weighted by Crippen LogP contribution is -1.99. The number of para-hydroxylation sites is 1. The first-order valence-corrected chi connectivity index (χ1v) is 9.37. The number of fused-ring (bicyclic) bond motifs is 2. The fourth-order valence-electron chi connectivity index (χ4n) is 3.02. The van der Waals surface area contributed by atoms with E-state index in [1.54, 1.807) is 28.8 Å². The molecule has 0 fully saturated rings. The molecule has 138 valence electrons. The van der Waals surface area contributed by atoms with Gasteiger partial charge in [-0.05, 0) is 24.3 Å². The molecule has 11 heteroatoms. The van der Waals surface area contributed by atoms with Crippen LogP contribution in [-0.4, -0.2) is 34.9 Å². The van der Waals surface area contributed by atoms with Gasteiger partial charge in [-0.2, -0.15) is 14.7 Å². The number of rotatable bonds is 4. The number of H-pyrrole nitrogens is 1. The number of nitrogens with zero attached hydrogens (tertiary/aromatic N) is 6. The quantitative estimate of drug-likeness (QED) is 0.354. The van der Waals surface area contributed by atoms with Crippen LogP contribution in [0.25, 0.3) is 26.4 Å². The van der Waals surface area contributed by atoms with Gasteiger partial charge in [0, 0.05) is 16.5 Å². The van der Waals surface area contributed by atoms with Crippen LogP contribution in [0, 0.1) is 10.1 Å². The van der Waals surface area contributed by atoms with E-state index >= 15 is 0 Å². The Morgan fingerprint density at radius 2 is 2.07 bits per heavy atom. The van der Waals surface area contributed by atoms with E-state index in [2.05, 4.69) is 25.5 Å². The normalized spacial score (nSPS) is 11.5. The molecule has 0 spiro atoms. The number of nitro benzene ring substituents is 1. The zero-order chi connectivity index (χ0) is 19.3. The van der Waals surface area contributed by atoms with Gasteiger partial charge in [0.05, 0.1) is 28.1 Å². The lowest BCUT2D eigenvalue weighted by molar-refractivity contribution is -0.384. The van der Waals surface area contributed by atoms with Crippen molar-refractivity contribution in [2.45, 2.75) is 6.42 Å². The molecule has 0 aliphatic carbocycles. The molecule has 28 heavy (non-hydrogen) atoms. The highest BCUT2D eigenvalue weighted by molar-refractivity contribution is 7.19. The summed E-state index contributed by atoms with van der Waals surface area (Å²) in [5.74, 6) is 0.599. The van der Waals surface area contributed by atoms with Crippen molar-refractivity contribution in [3.8, 4) is 10.6 Å². The molecule has 5 aromatic rings. The zero-order valence-electron chi connectivity index (χ0n) is 14.0. The van der Waals surface area contributed by atoms with Crippen LogP contribution in [0.2, 0.25) is 5.02 Å². The number of aromatic amines is 1. The lowest BCUT2D eigenvalue weighted by Gasteiger charge is -1.98. The van der Waals surface area contributed by atoms with Gasteiger partial charge in [-0.15, -0.1) is 10.2 Å². The summed E-state index contributed by atoms with van der Waals surface area (Å²) in [6, 6.07) is 12.0. The third-order valence-electron chi connectivity index (χ3n) is 4.32. The van der Waals surface area contributed by atoms with Crippen molar-refractivity contribution in [2.75, 3.05) is 0 Å². The van der Waals surface area contributed by atoms with E-state index in [1.165, 1.54) is 17.4 Å². The monoisotopic (exact) mass is 411 g/mol. The number of hydrogen-bond donors (Lipinski definition) is 1. The van der Waals surface area contributed by atoms with E-state index in [-0.39, 0.29) is 5.69 Å². The average molecular weight is 412 g/mol. The third-order valence-corrected chi connectivity index (χ3v) is 5.48. The Morgan fingerprint density at radius 3 is 2.93 bits per heavy atom. The summed E-state index contributed by atoms with van der Waals surface area (Å²) >= 11 is 7.34. The van der Waals surface area contributed by atoms with Gasteiger partial charge in [-0.3, -0.25) is 15.2 Å². The van der Waals surface area contributed by atoms with Gasteiger partial charge in [-0.25, -0.2) is 0 Å². The molecular formula is C17H10ClN7O2S. The lowest BCUT2D eigenvalue weighted by atomic mass is 10.1. The van der Waals surface area contributed by atoms with Crippen LogP contribution in [0.3, 0.4) is 0 Å². The average Bonchev–Trinajstić information content (AvgIpc) is 3.38. The second kappa shape index (κ2) is 6.36. The number of nitrogens with one attached hydrogen (secondary N) is 1. The largest absolute Gasteiger partial charge is 0.281 e. The fourth-order valence-corrected chi connectivity index (χ4v) is 4.08. The topological polar surface area (TPSA) is 115 Å². The number of halogens is 1. The number of aromatic nitrogens is 6. The SMILES string of the molecule is O=[N+]([O-])c1ccccc1-c1nn2c(Cc3[nH]nc4ccc(Cl)cc34)nnc2s1.